The summed E-state index contributed by atoms with van der Waals surface area (Å²) in [6, 6.07) is 0. The fourth-order valence-corrected chi connectivity index (χ4v) is 4.57. The molecule has 0 amide bonds. The summed E-state index contributed by atoms with van der Waals surface area (Å²) in [6.07, 6.45) is 4.16. The van der Waals surface area contributed by atoms with Crippen LogP contribution in [0.15, 0.2) is 0 Å². The highest BCUT2D eigenvalue weighted by molar-refractivity contribution is 5.22. The summed E-state index contributed by atoms with van der Waals surface area (Å²) in [7, 11) is 0. The second-order valence-corrected chi connectivity index (χ2v) is 7.79. The van der Waals surface area contributed by atoms with Gasteiger partial charge in [0.05, 0.1) is 6.10 Å². The number of rotatable bonds is 2. The van der Waals surface area contributed by atoms with Crippen molar-refractivity contribution in [2.45, 2.75) is 64.1 Å². The van der Waals surface area contributed by atoms with Crippen molar-refractivity contribution >= 4 is 0 Å². The molecule has 3 atom stereocenters. The van der Waals surface area contributed by atoms with E-state index < -0.39 is 0 Å². The Morgan fingerprint density at radius 3 is 2.61 bits per heavy atom. The van der Waals surface area contributed by atoms with Crippen LogP contribution in [0, 0.1) is 11.3 Å². The Morgan fingerprint density at radius 2 is 2.00 bits per heavy atom. The Kier molecular flexibility index (Phi) is 2.66. The largest absolute Gasteiger partial charge is 0.377 e. The van der Waals surface area contributed by atoms with Gasteiger partial charge in [0.2, 0.25) is 0 Å². The van der Waals surface area contributed by atoms with Gasteiger partial charge in [0, 0.05) is 35.6 Å². The van der Waals surface area contributed by atoms with E-state index in [2.05, 4.69) is 32.6 Å². The molecule has 104 valence electrons. The molecule has 2 aliphatic heterocycles. The van der Waals surface area contributed by atoms with Crippen molar-refractivity contribution < 1.29 is 4.74 Å². The van der Waals surface area contributed by atoms with Gasteiger partial charge in [-0.05, 0) is 39.7 Å². The van der Waals surface area contributed by atoms with Gasteiger partial charge >= 0.3 is 0 Å². The van der Waals surface area contributed by atoms with Crippen LogP contribution in [0.4, 0.5) is 0 Å². The molecule has 0 aromatic carbocycles. The summed E-state index contributed by atoms with van der Waals surface area (Å²) >= 11 is 0. The number of nitrogens with two attached hydrogens (primary N) is 1. The molecule has 1 saturated carbocycles. The first-order chi connectivity index (χ1) is 8.29. The van der Waals surface area contributed by atoms with Gasteiger partial charge in [-0.1, -0.05) is 13.8 Å². The van der Waals surface area contributed by atoms with E-state index >= 15 is 0 Å². The van der Waals surface area contributed by atoms with E-state index in [0.29, 0.717) is 17.6 Å². The molecule has 3 aliphatic rings. The fraction of sp³-hybridized carbons (Fsp3) is 1.00. The molecule has 0 aromatic rings. The molecule has 3 nitrogen and oxygen atoms in total. The zero-order valence-electron chi connectivity index (χ0n) is 12.3. The third-order valence-electron chi connectivity index (χ3n) is 6.19. The lowest BCUT2D eigenvalue weighted by atomic mass is 9.48. The average Bonchev–Trinajstić information content (AvgIpc) is 2.85. The van der Waals surface area contributed by atoms with Crippen LogP contribution in [0.2, 0.25) is 0 Å². The van der Waals surface area contributed by atoms with Gasteiger partial charge in [-0.15, -0.1) is 0 Å². The molecule has 2 heterocycles. The first-order valence-corrected chi connectivity index (χ1v) is 7.45. The molecule has 0 bridgehead atoms. The van der Waals surface area contributed by atoms with Gasteiger partial charge in [0.15, 0.2) is 0 Å². The third-order valence-corrected chi connectivity index (χ3v) is 6.19. The van der Waals surface area contributed by atoms with Gasteiger partial charge in [0.1, 0.15) is 0 Å². The van der Waals surface area contributed by atoms with Crippen molar-refractivity contribution in [1.82, 2.24) is 4.90 Å². The number of fused-ring (bicyclic) bond motifs is 1. The predicted molar refractivity (Wildman–Crippen MR) is 73.4 cm³/mol. The smallest absolute Gasteiger partial charge is 0.0691 e. The zero-order chi connectivity index (χ0) is 13.2. The summed E-state index contributed by atoms with van der Waals surface area (Å²) in [5.41, 5.74) is 7.23. The SMILES string of the molecule is CC1(C)CCCN1CC1(N)C2CCOC2C1(C)C. The molecule has 0 radical (unpaired) electrons. The van der Waals surface area contributed by atoms with Crippen LogP contribution in [-0.2, 0) is 4.74 Å². The van der Waals surface area contributed by atoms with E-state index in [1.165, 1.54) is 19.4 Å². The summed E-state index contributed by atoms with van der Waals surface area (Å²) < 4.78 is 5.88. The molecule has 0 aromatic heterocycles. The number of nitrogens with zero attached hydrogens (tertiary/aromatic N) is 1. The maximum atomic E-state index is 6.85. The van der Waals surface area contributed by atoms with Crippen molar-refractivity contribution in [3.8, 4) is 0 Å². The number of likely N-dealkylation sites (tertiary alicyclic amines) is 1. The van der Waals surface area contributed by atoms with E-state index in [9.17, 15) is 0 Å². The van der Waals surface area contributed by atoms with Gasteiger partial charge < -0.3 is 10.5 Å². The van der Waals surface area contributed by atoms with Gasteiger partial charge in [0.25, 0.3) is 0 Å². The van der Waals surface area contributed by atoms with Crippen LogP contribution in [-0.4, -0.2) is 41.8 Å². The molecule has 1 aliphatic carbocycles. The Labute approximate surface area is 111 Å². The minimum Gasteiger partial charge on any atom is -0.377 e. The van der Waals surface area contributed by atoms with Crippen LogP contribution in [0.1, 0.15) is 47.0 Å². The van der Waals surface area contributed by atoms with Crippen molar-refractivity contribution in [3.05, 3.63) is 0 Å². The third kappa shape index (κ3) is 1.47. The molecule has 0 spiro atoms. The monoisotopic (exact) mass is 252 g/mol. The topological polar surface area (TPSA) is 38.5 Å². The van der Waals surface area contributed by atoms with E-state index in [1.54, 1.807) is 0 Å². The van der Waals surface area contributed by atoms with E-state index in [0.717, 1.165) is 19.6 Å². The maximum Gasteiger partial charge on any atom is 0.0691 e. The van der Waals surface area contributed by atoms with Crippen molar-refractivity contribution in [2.24, 2.45) is 17.1 Å². The lowest BCUT2D eigenvalue weighted by molar-refractivity contribution is -0.166. The van der Waals surface area contributed by atoms with Crippen molar-refractivity contribution in [3.63, 3.8) is 0 Å². The van der Waals surface area contributed by atoms with Crippen LogP contribution >= 0.6 is 0 Å². The quantitative estimate of drug-likeness (QED) is 0.817. The standard InChI is InChI=1S/C15H28N2O/c1-13(2)7-5-8-17(13)10-15(16)11-6-9-18-12(11)14(15,3)4/h11-12H,5-10,16H2,1-4H3. The Hall–Kier alpha value is -0.120. The summed E-state index contributed by atoms with van der Waals surface area (Å²) in [5.74, 6) is 0.573. The molecule has 2 N–H and O–H groups in total. The number of ether oxygens (including phenoxy) is 1. The molecule has 3 rings (SSSR count). The van der Waals surface area contributed by atoms with Crippen LogP contribution in [0.25, 0.3) is 0 Å². The Bertz CT molecular complexity index is 352. The number of hydrogen-bond acceptors (Lipinski definition) is 3. The number of hydrogen-bond donors (Lipinski definition) is 1. The first kappa shape index (κ1) is 12.9. The average molecular weight is 252 g/mol. The Balaban J connectivity index is 1.79. The van der Waals surface area contributed by atoms with E-state index in [1.807, 2.05) is 0 Å². The highest BCUT2D eigenvalue weighted by Crippen LogP contribution is 2.58. The van der Waals surface area contributed by atoms with Crippen molar-refractivity contribution in [1.29, 1.82) is 0 Å². The van der Waals surface area contributed by atoms with E-state index in [-0.39, 0.29) is 11.0 Å². The van der Waals surface area contributed by atoms with E-state index in [4.69, 9.17) is 10.5 Å². The molecule has 18 heavy (non-hydrogen) atoms. The molecular weight excluding hydrogens is 224 g/mol. The molecule has 3 heteroatoms. The van der Waals surface area contributed by atoms with Crippen LogP contribution < -0.4 is 5.73 Å². The lowest BCUT2D eigenvalue weighted by Crippen LogP contribution is -2.78. The molecule has 2 saturated heterocycles. The first-order valence-electron chi connectivity index (χ1n) is 7.45. The highest BCUT2D eigenvalue weighted by Gasteiger charge is 2.68. The van der Waals surface area contributed by atoms with Crippen molar-refractivity contribution in [2.75, 3.05) is 19.7 Å². The van der Waals surface area contributed by atoms with Gasteiger partial charge in [-0.2, -0.15) is 0 Å². The second-order valence-electron chi connectivity index (χ2n) is 7.79. The van der Waals surface area contributed by atoms with Gasteiger partial charge in [-0.3, -0.25) is 4.90 Å². The minimum atomic E-state index is -0.0597. The minimum absolute atomic E-state index is 0.0597. The lowest BCUT2D eigenvalue weighted by Gasteiger charge is -2.64. The summed E-state index contributed by atoms with van der Waals surface area (Å²) in [6.45, 7) is 12.5. The van der Waals surface area contributed by atoms with Crippen LogP contribution in [0.5, 0.6) is 0 Å². The zero-order valence-corrected chi connectivity index (χ0v) is 12.3. The molecule has 3 fully saturated rings. The predicted octanol–water partition coefficient (Wildman–Crippen LogP) is 2.00. The van der Waals surface area contributed by atoms with Crippen LogP contribution in [0.3, 0.4) is 0 Å². The normalized spacial score (nSPS) is 45.8. The second kappa shape index (κ2) is 3.71. The summed E-state index contributed by atoms with van der Waals surface area (Å²) in [5, 5.41) is 0. The highest BCUT2D eigenvalue weighted by atomic mass is 16.5. The molecule has 3 unspecified atom stereocenters. The fourth-order valence-electron chi connectivity index (χ4n) is 4.57. The maximum absolute atomic E-state index is 6.85. The summed E-state index contributed by atoms with van der Waals surface area (Å²) in [4.78, 5) is 2.61. The van der Waals surface area contributed by atoms with Gasteiger partial charge in [-0.25, -0.2) is 0 Å². The Morgan fingerprint density at radius 1 is 1.28 bits per heavy atom. The molecular formula is C15H28N2O.